The van der Waals surface area contributed by atoms with E-state index < -0.39 is 24.0 Å². The Morgan fingerprint density at radius 3 is 2.14 bits per heavy atom. The van der Waals surface area contributed by atoms with Gasteiger partial charge in [-0.1, -0.05) is 48.0 Å². The number of aryl methyl sites for hydroxylation is 2. The zero-order valence-electron chi connectivity index (χ0n) is 20.9. The van der Waals surface area contributed by atoms with Crippen molar-refractivity contribution in [1.29, 1.82) is 0 Å². The van der Waals surface area contributed by atoms with E-state index in [4.69, 9.17) is 0 Å². The second-order valence-electron chi connectivity index (χ2n) is 10.1. The van der Waals surface area contributed by atoms with Gasteiger partial charge in [-0.15, -0.1) is 0 Å². The fraction of sp³-hybridized carbons (Fsp3) is 0.444. The highest BCUT2D eigenvalue weighted by Gasteiger charge is 2.46. The Balaban J connectivity index is 1.38. The minimum absolute atomic E-state index is 0.174. The van der Waals surface area contributed by atoms with E-state index in [0.29, 0.717) is 51.0 Å². The molecule has 0 aliphatic carbocycles. The molecule has 0 saturated carbocycles. The summed E-state index contributed by atoms with van der Waals surface area (Å²) in [6, 6.07) is 12.2. The SMILES string of the molecule is Cc1ccc(NC(=O)N2CCC3(CC2)CCN(C(=O)[C@@H](NC(=O)C(F)(F)F)c2ccccc2)C3)c(C)c1. The third-order valence-corrected chi connectivity index (χ3v) is 7.40. The molecule has 1 atom stereocenters. The fourth-order valence-corrected chi connectivity index (χ4v) is 5.19. The molecule has 10 heteroatoms. The number of hydrogen-bond donors (Lipinski definition) is 2. The van der Waals surface area contributed by atoms with E-state index in [0.717, 1.165) is 16.8 Å². The van der Waals surface area contributed by atoms with Crippen LogP contribution in [0, 0.1) is 19.3 Å². The lowest BCUT2D eigenvalue weighted by molar-refractivity contribution is -0.175. The second kappa shape index (κ2) is 10.4. The van der Waals surface area contributed by atoms with Gasteiger partial charge < -0.3 is 20.4 Å². The van der Waals surface area contributed by atoms with Crippen LogP contribution >= 0.6 is 0 Å². The number of hydrogen-bond acceptors (Lipinski definition) is 3. The molecule has 1 spiro atoms. The molecule has 2 aromatic carbocycles. The Bertz CT molecular complexity index is 1160. The Morgan fingerprint density at radius 1 is 0.919 bits per heavy atom. The van der Waals surface area contributed by atoms with Crippen LogP contribution in [-0.2, 0) is 9.59 Å². The van der Waals surface area contributed by atoms with E-state index in [-0.39, 0.29) is 11.4 Å². The summed E-state index contributed by atoms with van der Waals surface area (Å²) in [5.41, 5.74) is 2.95. The minimum Gasteiger partial charge on any atom is -0.340 e. The van der Waals surface area contributed by atoms with Crippen LogP contribution in [0.15, 0.2) is 48.5 Å². The molecule has 0 bridgehead atoms. The lowest BCUT2D eigenvalue weighted by Crippen LogP contribution is -2.48. The van der Waals surface area contributed by atoms with Gasteiger partial charge in [0.05, 0.1) is 0 Å². The van der Waals surface area contributed by atoms with Gasteiger partial charge >= 0.3 is 18.1 Å². The lowest BCUT2D eigenvalue weighted by Gasteiger charge is -2.39. The standard InChI is InChI=1S/C27H31F3N4O3/c1-18-8-9-21(19(2)16-18)31-25(37)33-13-10-26(11-14-33)12-15-34(17-26)23(35)22(20-6-4-3-5-7-20)32-24(36)27(28,29)30/h3-9,16,22H,10-15,17H2,1-2H3,(H,31,37)(H,32,36)/t22-/m0/s1. The Hall–Kier alpha value is -3.56. The van der Waals surface area contributed by atoms with Crippen molar-refractivity contribution in [2.45, 2.75) is 45.3 Å². The Labute approximate surface area is 214 Å². The number of amides is 4. The number of halogens is 3. The maximum Gasteiger partial charge on any atom is 0.471 e. The lowest BCUT2D eigenvalue weighted by atomic mass is 9.78. The third-order valence-electron chi connectivity index (χ3n) is 7.40. The summed E-state index contributed by atoms with van der Waals surface area (Å²) in [7, 11) is 0. The molecule has 2 N–H and O–H groups in total. The monoisotopic (exact) mass is 516 g/mol. The van der Waals surface area contributed by atoms with Crippen molar-refractivity contribution in [3.63, 3.8) is 0 Å². The molecular formula is C27H31F3N4O3. The fourth-order valence-electron chi connectivity index (χ4n) is 5.19. The summed E-state index contributed by atoms with van der Waals surface area (Å²) in [5, 5.41) is 4.85. The minimum atomic E-state index is -5.09. The van der Waals surface area contributed by atoms with Gasteiger partial charge in [0.2, 0.25) is 5.91 Å². The molecule has 198 valence electrons. The van der Waals surface area contributed by atoms with Crippen molar-refractivity contribution in [2.24, 2.45) is 5.41 Å². The molecule has 2 heterocycles. The summed E-state index contributed by atoms with van der Waals surface area (Å²) < 4.78 is 38.9. The van der Waals surface area contributed by atoms with Gasteiger partial charge in [0.25, 0.3) is 0 Å². The van der Waals surface area contributed by atoms with Gasteiger partial charge in [-0.3, -0.25) is 9.59 Å². The van der Waals surface area contributed by atoms with Crippen LogP contribution in [0.2, 0.25) is 0 Å². The van der Waals surface area contributed by atoms with Crippen LogP contribution in [0.25, 0.3) is 0 Å². The quantitative estimate of drug-likeness (QED) is 0.625. The molecule has 7 nitrogen and oxygen atoms in total. The maximum atomic E-state index is 13.3. The Kier molecular flexibility index (Phi) is 7.47. The summed E-state index contributed by atoms with van der Waals surface area (Å²) in [4.78, 5) is 41.1. The van der Waals surface area contributed by atoms with Gasteiger partial charge in [-0.2, -0.15) is 13.2 Å². The van der Waals surface area contributed by atoms with Crippen molar-refractivity contribution >= 4 is 23.5 Å². The van der Waals surface area contributed by atoms with Gasteiger partial charge in [-0.05, 0) is 55.7 Å². The highest BCUT2D eigenvalue weighted by molar-refractivity contribution is 5.91. The van der Waals surface area contributed by atoms with Crippen molar-refractivity contribution < 1.29 is 27.6 Å². The molecule has 2 aliphatic heterocycles. The summed E-state index contributed by atoms with van der Waals surface area (Å²) in [6.45, 7) is 5.74. The number of piperidine rings is 1. The molecule has 4 rings (SSSR count). The molecule has 0 radical (unpaired) electrons. The smallest absolute Gasteiger partial charge is 0.340 e. The first-order chi connectivity index (χ1) is 17.5. The predicted octanol–water partition coefficient (Wildman–Crippen LogP) is 4.57. The van der Waals surface area contributed by atoms with Crippen LogP contribution in [0.3, 0.4) is 0 Å². The summed E-state index contributed by atoms with van der Waals surface area (Å²) in [6.07, 6.45) is -3.03. The first-order valence-electron chi connectivity index (χ1n) is 12.3. The molecule has 2 aromatic rings. The molecule has 0 unspecified atom stereocenters. The summed E-state index contributed by atoms with van der Waals surface area (Å²) in [5.74, 6) is -2.71. The molecule has 37 heavy (non-hydrogen) atoms. The van der Waals surface area contributed by atoms with E-state index in [2.05, 4.69) is 5.32 Å². The van der Waals surface area contributed by atoms with E-state index >= 15 is 0 Å². The van der Waals surface area contributed by atoms with E-state index in [1.54, 1.807) is 28.0 Å². The number of rotatable bonds is 4. The number of nitrogens with zero attached hydrogens (tertiary/aromatic N) is 2. The van der Waals surface area contributed by atoms with Gasteiger partial charge in [0.15, 0.2) is 0 Å². The largest absolute Gasteiger partial charge is 0.471 e. The number of benzene rings is 2. The van der Waals surface area contributed by atoms with Crippen molar-refractivity contribution in [3.05, 3.63) is 65.2 Å². The van der Waals surface area contributed by atoms with E-state index in [1.165, 1.54) is 12.1 Å². The van der Waals surface area contributed by atoms with E-state index in [9.17, 15) is 27.6 Å². The normalized spacial score (nSPS) is 18.0. The molecule has 2 fully saturated rings. The molecule has 2 saturated heterocycles. The second-order valence-corrected chi connectivity index (χ2v) is 10.1. The van der Waals surface area contributed by atoms with Crippen LogP contribution in [0.5, 0.6) is 0 Å². The summed E-state index contributed by atoms with van der Waals surface area (Å²) >= 11 is 0. The highest BCUT2D eigenvalue weighted by atomic mass is 19.4. The molecule has 4 amide bonds. The predicted molar refractivity (Wildman–Crippen MR) is 133 cm³/mol. The number of carbonyl (C=O) groups is 3. The number of anilines is 1. The first-order valence-corrected chi connectivity index (χ1v) is 12.3. The number of alkyl halides is 3. The van der Waals surface area contributed by atoms with E-state index in [1.807, 2.05) is 37.4 Å². The van der Waals surface area contributed by atoms with Crippen LogP contribution in [0.4, 0.5) is 23.7 Å². The van der Waals surface area contributed by atoms with Crippen LogP contribution < -0.4 is 10.6 Å². The average molecular weight is 517 g/mol. The van der Waals surface area contributed by atoms with Crippen molar-refractivity contribution in [1.82, 2.24) is 15.1 Å². The average Bonchev–Trinajstić information content (AvgIpc) is 3.27. The van der Waals surface area contributed by atoms with Crippen LogP contribution in [-0.4, -0.2) is 60.0 Å². The maximum absolute atomic E-state index is 13.3. The van der Waals surface area contributed by atoms with Gasteiger partial charge in [-0.25, -0.2) is 4.79 Å². The highest BCUT2D eigenvalue weighted by Crippen LogP contribution is 2.41. The number of nitrogens with one attached hydrogen (secondary N) is 2. The van der Waals surface area contributed by atoms with Gasteiger partial charge in [0, 0.05) is 31.9 Å². The molecule has 2 aliphatic rings. The zero-order valence-corrected chi connectivity index (χ0v) is 20.9. The number of carbonyl (C=O) groups excluding carboxylic acids is 3. The first kappa shape index (κ1) is 26.5. The van der Waals surface area contributed by atoms with Crippen molar-refractivity contribution in [2.75, 3.05) is 31.5 Å². The zero-order chi connectivity index (χ0) is 26.8. The number of urea groups is 1. The van der Waals surface area contributed by atoms with Crippen LogP contribution in [0.1, 0.15) is 42.0 Å². The number of likely N-dealkylation sites (tertiary alicyclic amines) is 2. The Morgan fingerprint density at radius 2 is 1.54 bits per heavy atom. The third kappa shape index (κ3) is 6.06. The van der Waals surface area contributed by atoms with Gasteiger partial charge in [0.1, 0.15) is 6.04 Å². The molecular weight excluding hydrogens is 485 g/mol. The van der Waals surface area contributed by atoms with Crippen molar-refractivity contribution in [3.8, 4) is 0 Å². The topological polar surface area (TPSA) is 81.8 Å². The molecule has 0 aromatic heterocycles.